The number of carbonyl (C=O) groups excluding carboxylic acids is 2. The molecule has 2 N–H and O–H groups in total. The Balaban J connectivity index is 2.81. The van der Waals surface area contributed by atoms with Gasteiger partial charge in [-0.2, -0.15) is 0 Å². The second-order valence-electron chi connectivity index (χ2n) is 4.83. The maximum absolute atomic E-state index is 12.0. The maximum Gasteiger partial charge on any atom is 0.251 e. The Morgan fingerprint density at radius 3 is 2.62 bits per heavy atom. The van der Waals surface area contributed by atoms with Gasteiger partial charge in [-0.25, -0.2) is 0 Å². The molecule has 0 aromatic heterocycles. The highest BCUT2D eigenvalue weighted by Crippen LogP contribution is 2.09. The quantitative estimate of drug-likeness (QED) is 0.795. The smallest absolute Gasteiger partial charge is 0.251 e. The first kappa shape index (κ1) is 16.7. The van der Waals surface area contributed by atoms with Crippen LogP contribution in [0.5, 0.6) is 0 Å². The summed E-state index contributed by atoms with van der Waals surface area (Å²) in [7, 11) is 3.27. The van der Waals surface area contributed by atoms with E-state index in [1.54, 1.807) is 26.2 Å². The summed E-state index contributed by atoms with van der Waals surface area (Å²) >= 11 is 0. The van der Waals surface area contributed by atoms with Crippen LogP contribution in [0, 0.1) is 18.8 Å². The Hall–Kier alpha value is -2.32. The molecule has 21 heavy (non-hydrogen) atoms. The standard InChI is InChI=1S/C16H20N2O3/c1-12-8-13(6-4-5-7-19)10-14(9-12)16(21)17-11-15(20)18(2)3/h8-10,19H,5,7,11H2,1-3H3,(H,17,21). The second-order valence-corrected chi connectivity index (χ2v) is 4.83. The lowest BCUT2D eigenvalue weighted by atomic mass is 10.1. The van der Waals surface area contributed by atoms with E-state index in [1.165, 1.54) is 4.90 Å². The van der Waals surface area contributed by atoms with E-state index in [0.29, 0.717) is 17.5 Å². The number of hydrogen-bond acceptors (Lipinski definition) is 3. The molecule has 1 aromatic carbocycles. The highest BCUT2D eigenvalue weighted by atomic mass is 16.2. The molecule has 0 radical (unpaired) electrons. The number of amides is 2. The average molecular weight is 288 g/mol. The van der Waals surface area contributed by atoms with Crippen LogP contribution in [0.4, 0.5) is 0 Å². The molecule has 0 spiro atoms. The van der Waals surface area contributed by atoms with Crippen LogP contribution in [0.15, 0.2) is 18.2 Å². The highest BCUT2D eigenvalue weighted by Gasteiger charge is 2.10. The molecule has 0 saturated heterocycles. The Morgan fingerprint density at radius 1 is 1.29 bits per heavy atom. The summed E-state index contributed by atoms with van der Waals surface area (Å²) in [5.74, 6) is 5.24. The lowest BCUT2D eigenvalue weighted by Gasteiger charge is -2.11. The molecule has 1 aromatic rings. The fraction of sp³-hybridized carbons (Fsp3) is 0.375. The zero-order valence-corrected chi connectivity index (χ0v) is 12.6. The van der Waals surface area contributed by atoms with Crippen molar-refractivity contribution < 1.29 is 14.7 Å². The van der Waals surface area contributed by atoms with Gasteiger partial charge in [0.05, 0.1) is 13.2 Å². The topological polar surface area (TPSA) is 69.6 Å². The van der Waals surface area contributed by atoms with Crippen LogP contribution in [-0.4, -0.2) is 49.1 Å². The molecule has 0 heterocycles. The molecule has 0 bridgehead atoms. The Labute approximate surface area is 125 Å². The molecular weight excluding hydrogens is 268 g/mol. The van der Waals surface area contributed by atoms with Crippen molar-refractivity contribution in [1.29, 1.82) is 0 Å². The summed E-state index contributed by atoms with van der Waals surface area (Å²) in [5, 5.41) is 11.3. The average Bonchev–Trinajstić information content (AvgIpc) is 2.43. The molecular formula is C16H20N2O3. The third kappa shape index (κ3) is 5.67. The van der Waals surface area contributed by atoms with E-state index in [0.717, 1.165) is 5.56 Å². The molecule has 0 saturated carbocycles. The Morgan fingerprint density at radius 2 is 2.00 bits per heavy atom. The Bertz CT molecular complexity index is 583. The van der Waals surface area contributed by atoms with Gasteiger partial charge in [0, 0.05) is 31.6 Å². The maximum atomic E-state index is 12.0. The van der Waals surface area contributed by atoms with Crippen molar-refractivity contribution in [3.8, 4) is 11.8 Å². The molecule has 112 valence electrons. The number of aryl methyl sites for hydroxylation is 1. The molecule has 0 atom stereocenters. The fourth-order valence-corrected chi connectivity index (χ4v) is 1.62. The van der Waals surface area contributed by atoms with Crippen molar-refractivity contribution in [2.24, 2.45) is 0 Å². The number of carbonyl (C=O) groups is 2. The van der Waals surface area contributed by atoms with Gasteiger partial charge in [-0.15, -0.1) is 0 Å². The van der Waals surface area contributed by atoms with Gasteiger partial charge in [0.15, 0.2) is 0 Å². The van der Waals surface area contributed by atoms with Crippen molar-refractivity contribution in [2.45, 2.75) is 13.3 Å². The normalized spacial score (nSPS) is 9.52. The predicted molar refractivity (Wildman–Crippen MR) is 80.8 cm³/mol. The number of aliphatic hydroxyl groups is 1. The second kappa shape index (κ2) is 8.08. The molecule has 0 aliphatic rings. The van der Waals surface area contributed by atoms with Crippen LogP contribution in [0.25, 0.3) is 0 Å². The van der Waals surface area contributed by atoms with Crippen molar-refractivity contribution in [3.05, 3.63) is 34.9 Å². The predicted octanol–water partition coefficient (Wildman–Crippen LogP) is 0.547. The van der Waals surface area contributed by atoms with Gasteiger partial charge < -0.3 is 15.3 Å². The summed E-state index contributed by atoms with van der Waals surface area (Å²) in [6.45, 7) is 1.85. The lowest BCUT2D eigenvalue weighted by molar-refractivity contribution is -0.127. The van der Waals surface area contributed by atoms with Crippen LogP contribution < -0.4 is 5.32 Å². The summed E-state index contributed by atoms with van der Waals surface area (Å²) in [4.78, 5) is 24.9. The third-order valence-corrected chi connectivity index (χ3v) is 2.71. The van der Waals surface area contributed by atoms with E-state index in [-0.39, 0.29) is 25.0 Å². The van der Waals surface area contributed by atoms with Crippen LogP contribution in [0.1, 0.15) is 27.9 Å². The molecule has 2 amide bonds. The number of nitrogens with one attached hydrogen (secondary N) is 1. The Kier molecular flexibility index (Phi) is 6.44. The summed E-state index contributed by atoms with van der Waals surface area (Å²) in [5.41, 5.74) is 2.09. The van der Waals surface area contributed by atoms with Crippen molar-refractivity contribution in [3.63, 3.8) is 0 Å². The summed E-state index contributed by atoms with van der Waals surface area (Å²) < 4.78 is 0. The van der Waals surface area contributed by atoms with E-state index in [4.69, 9.17) is 5.11 Å². The zero-order valence-electron chi connectivity index (χ0n) is 12.6. The SMILES string of the molecule is Cc1cc(C#CCCO)cc(C(=O)NCC(=O)N(C)C)c1. The van der Waals surface area contributed by atoms with Crippen molar-refractivity contribution in [2.75, 3.05) is 27.2 Å². The molecule has 0 unspecified atom stereocenters. The largest absolute Gasteiger partial charge is 0.395 e. The summed E-state index contributed by atoms with van der Waals surface area (Å²) in [6, 6.07) is 5.28. The fourth-order valence-electron chi connectivity index (χ4n) is 1.62. The third-order valence-electron chi connectivity index (χ3n) is 2.71. The molecule has 0 fully saturated rings. The number of nitrogens with zero attached hydrogens (tertiary/aromatic N) is 1. The van der Waals surface area contributed by atoms with Gasteiger partial charge in [-0.05, 0) is 30.7 Å². The summed E-state index contributed by atoms with van der Waals surface area (Å²) in [6.07, 6.45) is 0.396. The van der Waals surface area contributed by atoms with Crippen molar-refractivity contribution in [1.82, 2.24) is 10.2 Å². The zero-order chi connectivity index (χ0) is 15.8. The van der Waals surface area contributed by atoms with Gasteiger partial charge >= 0.3 is 0 Å². The molecule has 0 aliphatic heterocycles. The van der Waals surface area contributed by atoms with Crippen LogP contribution >= 0.6 is 0 Å². The van der Waals surface area contributed by atoms with Crippen LogP contribution in [0.2, 0.25) is 0 Å². The van der Waals surface area contributed by atoms with Gasteiger partial charge in [0.2, 0.25) is 5.91 Å². The van der Waals surface area contributed by atoms with E-state index >= 15 is 0 Å². The molecule has 0 aliphatic carbocycles. The first-order chi connectivity index (χ1) is 9.93. The van der Waals surface area contributed by atoms with Crippen LogP contribution in [-0.2, 0) is 4.79 Å². The van der Waals surface area contributed by atoms with E-state index in [1.807, 2.05) is 13.0 Å². The van der Waals surface area contributed by atoms with Crippen molar-refractivity contribution >= 4 is 11.8 Å². The van der Waals surface area contributed by atoms with Gasteiger partial charge in [-0.3, -0.25) is 9.59 Å². The lowest BCUT2D eigenvalue weighted by Crippen LogP contribution is -2.36. The highest BCUT2D eigenvalue weighted by molar-refractivity contribution is 5.96. The minimum atomic E-state index is -0.306. The minimum absolute atomic E-state index is 0.0127. The molecule has 5 heteroatoms. The number of likely N-dealkylation sites (N-methyl/N-ethyl adjacent to an activating group) is 1. The van der Waals surface area contributed by atoms with E-state index in [2.05, 4.69) is 17.2 Å². The number of aliphatic hydroxyl groups excluding tert-OH is 1. The van der Waals surface area contributed by atoms with Gasteiger partial charge in [-0.1, -0.05) is 11.8 Å². The van der Waals surface area contributed by atoms with E-state index in [9.17, 15) is 9.59 Å². The number of benzene rings is 1. The van der Waals surface area contributed by atoms with Gasteiger partial charge in [0.1, 0.15) is 0 Å². The first-order valence-electron chi connectivity index (χ1n) is 6.64. The minimum Gasteiger partial charge on any atom is -0.395 e. The van der Waals surface area contributed by atoms with Crippen LogP contribution in [0.3, 0.4) is 0 Å². The van der Waals surface area contributed by atoms with E-state index < -0.39 is 0 Å². The first-order valence-corrected chi connectivity index (χ1v) is 6.64. The molecule has 1 rings (SSSR count). The monoisotopic (exact) mass is 288 g/mol. The number of rotatable bonds is 4. The number of hydrogen-bond donors (Lipinski definition) is 2. The van der Waals surface area contributed by atoms with Gasteiger partial charge in [0.25, 0.3) is 5.91 Å². The molecule has 5 nitrogen and oxygen atoms in total.